The molecule has 0 aliphatic heterocycles. The molecule has 5 heteroatoms. The molecule has 3 nitrogen and oxygen atoms in total. The van der Waals surface area contributed by atoms with E-state index in [0.29, 0.717) is 12.0 Å². The van der Waals surface area contributed by atoms with E-state index in [1.807, 2.05) is 31.2 Å². The van der Waals surface area contributed by atoms with Crippen LogP contribution in [-0.4, -0.2) is 7.11 Å². The monoisotopic (exact) mass is 352 g/mol. The van der Waals surface area contributed by atoms with Crippen molar-refractivity contribution in [1.82, 2.24) is 5.43 Å². The Morgan fingerprint density at radius 2 is 2.05 bits per heavy atom. The minimum absolute atomic E-state index is 0.262. The number of halogens is 2. The van der Waals surface area contributed by atoms with E-state index in [1.54, 1.807) is 13.2 Å². The molecule has 2 aromatic carbocycles. The Balaban J connectivity index is 2.33. The zero-order valence-electron chi connectivity index (χ0n) is 12.0. The van der Waals surface area contributed by atoms with Crippen LogP contribution in [0.3, 0.4) is 0 Å². The van der Waals surface area contributed by atoms with Gasteiger partial charge in [-0.15, -0.1) is 0 Å². The van der Waals surface area contributed by atoms with Gasteiger partial charge >= 0.3 is 0 Å². The van der Waals surface area contributed by atoms with Crippen molar-refractivity contribution in [1.29, 1.82) is 0 Å². The number of hydrogen-bond donors (Lipinski definition) is 2. The van der Waals surface area contributed by atoms with Crippen LogP contribution in [0.2, 0.25) is 0 Å². The highest BCUT2D eigenvalue weighted by molar-refractivity contribution is 9.10. The highest BCUT2D eigenvalue weighted by Gasteiger charge is 2.17. The van der Waals surface area contributed by atoms with Crippen molar-refractivity contribution < 1.29 is 9.13 Å². The number of rotatable bonds is 5. The summed E-state index contributed by atoms with van der Waals surface area (Å²) in [6.45, 7) is 1.93. The SMILES string of the molecule is COc1ccc(Br)c(CC(NN)c2cc(C)ccc2F)c1. The molecule has 0 heterocycles. The van der Waals surface area contributed by atoms with Crippen molar-refractivity contribution in [2.45, 2.75) is 19.4 Å². The van der Waals surface area contributed by atoms with Gasteiger partial charge in [-0.25, -0.2) is 4.39 Å². The molecule has 112 valence electrons. The van der Waals surface area contributed by atoms with Crippen LogP contribution in [0.4, 0.5) is 4.39 Å². The second-order valence-electron chi connectivity index (χ2n) is 4.91. The first-order valence-corrected chi connectivity index (χ1v) is 7.39. The Labute approximate surface area is 132 Å². The van der Waals surface area contributed by atoms with E-state index in [1.165, 1.54) is 6.07 Å². The molecule has 0 amide bonds. The summed E-state index contributed by atoms with van der Waals surface area (Å²) in [4.78, 5) is 0. The third-order valence-corrected chi connectivity index (χ3v) is 4.18. The van der Waals surface area contributed by atoms with Gasteiger partial charge in [0.15, 0.2) is 0 Å². The molecule has 0 aromatic heterocycles. The van der Waals surface area contributed by atoms with E-state index >= 15 is 0 Å². The van der Waals surface area contributed by atoms with Gasteiger partial charge in [0.25, 0.3) is 0 Å². The smallest absolute Gasteiger partial charge is 0.128 e. The van der Waals surface area contributed by atoms with Crippen molar-refractivity contribution in [3.63, 3.8) is 0 Å². The fraction of sp³-hybridized carbons (Fsp3) is 0.250. The standard InChI is InChI=1S/C16H18BrFN2O/c1-10-3-6-15(18)13(7-10)16(20-19)9-11-8-12(21-2)4-5-14(11)17/h3-8,16,20H,9,19H2,1-2H3. The van der Waals surface area contributed by atoms with Crippen LogP contribution in [0.1, 0.15) is 22.7 Å². The normalized spacial score (nSPS) is 12.2. The summed E-state index contributed by atoms with van der Waals surface area (Å²) in [6.07, 6.45) is 0.550. The average Bonchev–Trinajstić information content (AvgIpc) is 2.49. The first kappa shape index (κ1) is 15.9. The maximum absolute atomic E-state index is 14.0. The predicted octanol–water partition coefficient (Wildman–Crippen LogP) is 3.65. The summed E-state index contributed by atoms with van der Waals surface area (Å²) in [6, 6.07) is 10.4. The molecule has 0 spiro atoms. The number of hydrazine groups is 1. The zero-order chi connectivity index (χ0) is 15.4. The summed E-state index contributed by atoms with van der Waals surface area (Å²) in [5.41, 5.74) is 5.26. The lowest BCUT2D eigenvalue weighted by Crippen LogP contribution is -2.30. The van der Waals surface area contributed by atoms with Crippen LogP contribution in [0, 0.1) is 12.7 Å². The molecule has 0 saturated carbocycles. The summed E-state index contributed by atoms with van der Waals surface area (Å²) >= 11 is 3.50. The van der Waals surface area contributed by atoms with E-state index in [4.69, 9.17) is 10.6 Å². The van der Waals surface area contributed by atoms with Gasteiger partial charge in [-0.05, 0) is 43.2 Å². The molecule has 2 rings (SSSR count). The van der Waals surface area contributed by atoms with Crippen LogP contribution >= 0.6 is 15.9 Å². The molecule has 2 aromatic rings. The van der Waals surface area contributed by atoms with Gasteiger partial charge in [0, 0.05) is 10.0 Å². The minimum atomic E-state index is -0.312. The third-order valence-electron chi connectivity index (χ3n) is 3.41. The van der Waals surface area contributed by atoms with E-state index in [2.05, 4.69) is 21.4 Å². The van der Waals surface area contributed by atoms with Crippen molar-refractivity contribution in [2.75, 3.05) is 7.11 Å². The van der Waals surface area contributed by atoms with Crippen molar-refractivity contribution in [3.05, 3.63) is 63.4 Å². The Morgan fingerprint density at radius 1 is 1.29 bits per heavy atom. The first-order valence-electron chi connectivity index (χ1n) is 6.59. The van der Waals surface area contributed by atoms with Gasteiger partial charge in [-0.1, -0.05) is 33.6 Å². The maximum Gasteiger partial charge on any atom is 0.128 e. The van der Waals surface area contributed by atoms with Gasteiger partial charge in [0.2, 0.25) is 0 Å². The number of benzene rings is 2. The van der Waals surface area contributed by atoms with E-state index in [9.17, 15) is 4.39 Å². The molecule has 0 radical (unpaired) electrons. The lowest BCUT2D eigenvalue weighted by atomic mass is 9.97. The highest BCUT2D eigenvalue weighted by atomic mass is 79.9. The topological polar surface area (TPSA) is 47.3 Å². The molecular formula is C16H18BrFN2O. The molecule has 0 aliphatic carbocycles. The second-order valence-corrected chi connectivity index (χ2v) is 5.76. The maximum atomic E-state index is 14.0. The number of aryl methyl sites for hydroxylation is 1. The van der Waals surface area contributed by atoms with Gasteiger partial charge in [0.05, 0.1) is 13.2 Å². The number of methoxy groups -OCH3 is 1. The lowest BCUT2D eigenvalue weighted by Gasteiger charge is -2.19. The summed E-state index contributed by atoms with van der Waals surface area (Å²) < 4.78 is 20.2. The largest absolute Gasteiger partial charge is 0.497 e. The van der Waals surface area contributed by atoms with Gasteiger partial charge in [-0.2, -0.15) is 0 Å². The minimum Gasteiger partial charge on any atom is -0.497 e. The van der Waals surface area contributed by atoms with Crippen molar-refractivity contribution in [3.8, 4) is 5.75 Å². The molecule has 21 heavy (non-hydrogen) atoms. The van der Waals surface area contributed by atoms with Crippen LogP contribution < -0.4 is 16.0 Å². The Hall–Kier alpha value is -1.43. The van der Waals surface area contributed by atoms with Crippen LogP contribution in [0.25, 0.3) is 0 Å². The Bertz CT molecular complexity index is 634. The number of hydrogen-bond acceptors (Lipinski definition) is 3. The fourth-order valence-electron chi connectivity index (χ4n) is 2.24. The van der Waals surface area contributed by atoms with Gasteiger partial charge in [0.1, 0.15) is 11.6 Å². The predicted molar refractivity (Wildman–Crippen MR) is 85.6 cm³/mol. The molecule has 0 fully saturated rings. The Kier molecular flexibility index (Phi) is 5.33. The van der Waals surface area contributed by atoms with Gasteiger partial charge < -0.3 is 4.74 Å². The second kappa shape index (κ2) is 7.02. The third kappa shape index (κ3) is 3.81. The van der Waals surface area contributed by atoms with Crippen LogP contribution in [0.5, 0.6) is 5.75 Å². The molecular weight excluding hydrogens is 335 g/mol. The Morgan fingerprint density at radius 3 is 2.71 bits per heavy atom. The van der Waals surface area contributed by atoms with Crippen molar-refractivity contribution >= 4 is 15.9 Å². The molecule has 0 saturated heterocycles. The molecule has 3 N–H and O–H groups in total. The molecule has 0 bridgehead atoms. The average molecular weight is 353 g/mol. The summed E-state index contributed by atoms with van der Waals surface area (Å²) in [5.74, 6) is 6.13. The molecule has 1 atom stereocenters. The lowest BCUT2D eigenvalue weighted by molar-refractivity contribution is 0.413. The fourth-order valence-corrected chi connectivity index (χ4v) is 2.65. The molecule has 1 unspecified atom stereocenters. The number of nitrogens with one attached hydrogen (secondary N) is 1. The van der Waals surface area contributed by atoms with Gasteiger partial charge in [-0.3, -0.25) is 11.3 Å². The van der Waals surface area contributed by atoms with Crippen molar-refractivity contribution in [2.24, 2.45) is 5.84 Å². The first-order chi connectivity index (χ1) is 10.0. The van der Waals surface area contributed by atoms with E-state index in [-0.39, 0.29) is 11.9 Å². The quantitative estimate of drug-likeness (QED) is 0.637. The highest BCUT2D eigenvalue weighted by Crippen LogP contribution is 2.28. The molecule has 0 aliphatic rings. The van der Waals surface area contributed by atoms with Crippen LogP contribution in [-0.2, 0) is 6.42 Å². The van der Waals surface area contributed by atoms with E-state index in [0.717, 1.165) is 21.3 Å². The summed E-state index contributed by atoms with van der Waals surface area (Å²) in [7, 11) is 1.62. The summed E-state index contributed by atoms with van der Waals surface area (Å²) in [5, 5.41) is 0. The van der Waals surface area contributed by atoms with E-state index < -0.39 is 0 Å². The number of nitrogens with two attached hydrogens (primary N) is 1. The van der Waals surface area contributed by atoms with Crippen LogP contribution in [0.15, 0.2) is 40.9 Å². The zero-order valence-corrected chi connectivity index (χ0v) is 13.6. The number of ether oxygens (including phenoxy) is 1.